The number of fused-ring (bicyclic) bond motifs is 1. The van der Waals surface area contributed by atoms with Crippen molar-refractivity contribution in [2.24, 2.45) is 0 Å². The average molecular weight is 386 g/mol. The Bertz CT molecular complexity index is 908. The Morgan fingerprint density at radius 2 is 2.08 bits per heavy atom. The van der Waals surface area contributed by atoms with Gasteiger partial charge in [-0.2, -0.15) is 4.31 Å². The van der Waals surface area contributed by atoms with Crippen LogP contribution in [0.5, 0.6) is 0 Å². The summed E-state index contributed by atoms with van der Waals surface area (Å²) < 4.78 is 50.8. The predicted molar refractivity (Wildman–Crippen MR) is 94.8 cm³/mol. The fourth-order valence-corrected chi connectivity index (χ4v) is 7.17. The molecule has 0 spiro atoms. The summed E-state index contributed by atoms with van der Waals surface area (Å²) in [6.45, 7) is 3.97. The molecule has 2 aliphatic rings. The third-order valence-electron chi connectivity index (χ3n) is 4.86. The smallest absolute Gasteiger partial charge is 0.243 e. The van der Waals surface area contributed by atoms with Crippen molar-refractivity contribution in [1.82, 2.24) is 4.31 Å². The van der Waals surface area contributed by atoms with E-state index in [9.17, 15) is 21.6 Å². The molecule has 7 nitrogen and oxygen atoms in total. The summed E-state index contributed by atoms with van der Waals surface area (Å²) in [6, 6.07) is 4.26. The zero-order valence-corrected chi connectivity index (χ0v) is 15.9. The van der Waals surface area contributed by atoms with Gasteiger partial charge in [0.25, 0.3) is 0 Å². The van der Waals surface area contributed by atoms with E-state index in [4.69, 9.17) is 0 Å². The molecule has 25 heavy (non-hydrogen) atoms. The molecular weight excluding hydrogens is 364 g/mol. The molecule has 138 valence electrons. The number of carbonyl (C=O) groups excluding carboxylic acids is 1. The Kier molecular flexibility index (Phi) is 4.67. The van der Waals surface area contributed by atoms with E-state index < -0.39 is 25.9 Å². The minimum atomic E-state index is -3.78. The molecule has 1 atom stereocenters. The molecule has 2 heterocycles. The van der Waals surface area contributed by atoms with Crippen LogP contribution < -0.4 is 4.90 Å². The molecule has 1 amide bonds. The van der Waals surface area contributed by atoms with Gasteiger partial charge in [-0.1, -0.05) is 6.92 Å². The summed E-state index contributed by atoms with van der Waals surface area (Å²) in [6.07, 6.45) is 0.945. The molecule has 1 saturated heterocycles. The number of nitrogens with zero attached hydrogens (tertiary/aromatic N) is 2. The highest BCUT2D eigenvalue weighted by Gasteiger charge is 2.38. The van der Waals surface area contributed by atoms with Gasteiger partial charge < -0.3 is 4.90 Å². The van der Waals surface area contributed by atoms with E-state index in [1.54, 1.807) is 24.0 Å². The van der Waals surface area contributed by atoms with E-state index in [1.807, 2.05) is 0 Å². The van der Waals surface area contributed by atoms with Gasteiger partial charge in [0.05, 0.1) is 16.4 Å². The van der Waals surface area contributed by atoms with Crippen LogP contribution in [0.2, 0.25) is 0 Å². The molecule has 1 fully saturated rings. The van der Waals surface area contributed by atoms with Gasteiger partial charge in [0, 0.05) is 31.7 Å². The first-order valence-corrected chi connectivity index (χ1v) is 11.5. The highest BCUT2D eigenvalue weighted by molar-refractivity contribution is 7.92. The van der Waals surface area contributed by atoms with Crippen LogP contribution in [0, 0.1) is 0 Å². The first-order chi connectivity index (χ1) is 11.7. The van der Waals surface area contributed by atoms with Crippen molar-refractivity contribution >= 4 is 31.5 Å². The molecule has 1 aromatic carbocycles. The van der Waals surface area contributed by atoms with E-state index >= 15 is 0 Å². The van der Waals surface area contributed by atoms with Gasteiger partial charge in [-0.15, -0.1) is 0 Å². The lowest BCUT2D eigenvalue weighted by atomic mass is 10.2. The van der Waals surface area contributed by atoms with Crippen LogP contribution in [0.4, 0.5) is 5.69 Å². The number of sulfone groups is 1. The van der Waals surface area contributed by atoms with Gasteiger partial charge >= 0.3 is 0 Å². The second-order valence-electron chi connectivity index (χ2n) is 6.48. The molecule has 2 aliphatic heterocycles. The summed E-state index contributed by atoms with van der Waals surface area (Å²) in [4.78, 5) is 13.4. The Balaban J connectivity index is 1.93. The molecule has 0 saturated carbocycles. The summed E-state index contributed by atoms with van der Waals surface area (Å²) in [5.74, 6) is -0.161. The summed E-state index contributed by atoms with van der Waals surface area (Å²) in [7, 11) is -6.95. The van der Waals surface area contributed by atoms with Crippen molar-refractivity contribution in [2.75, 3.05) is 29.5 Å². The van der Waals surface area contributed by atoms with Crippen LogP contribution in [-0.4, -0.2) is 57.7 Å². The molecule has 3 rings (SSSR count). The first kappa shape index (κ1) is 18.3. The molecule has 9 heteroatoms. The number of carbonyl (C=O) groups is 1. The topological polar surface area (TPSA) is 91.8 Å². The van der Waals surface area contributed by atoms with E-state index in [2.05, 4.69) is 0 Å². The van der Waals surface area contributed by atoms with Gasteiger partial charge in [-0.25, -0.2) is 16.8 Å². The lowest BCUT2D eigenvalue weighted by Crippen LogP contribution is -2.40. The maximum atomic E-state index is 13.0. The zero-order chi connectivity index (χ0) is 18.4. The highest BCUT2D eigenvalue weighted by atomic mass is 32.2. The molecular formula is C16H22N2O5S2. The molecule has 0 N–H and O–H groups in total. The van der Waals surface area contributed by atoms with E-state index in [-0.39, 0.29) is 28.9 Å². The van der Waals surface area contributed by atoms with Crippen LogP contribution in [0.25, 0.3) is 0 Å². The standard InChI is InChI=1S/C16H22N2O5S2/c1-3-18(14-7-9-24(20,21)11-14)25(22,23)15-4-5-16-13(10-15)6-8-17(16)12(2)19/h4-5,10,14H,3,6-9,11H2,1-2H3. The fraction of sp³-hybridized carbons (Fsp3) is 0.562. The first-order valence-electron chi connectivity index (χ1n) is 8.29. The van der Waals surface area contributed by atoms with Gasteiger partial charge in [-0.05, 0) is 36.6 Å². The number of benzene rings is 1. The van der Waals surface area contributed by atoms with Crippen molar-refractivity contribution in [3.05, 3.63) is 23.8 Å². The van der Waals surface area contributed by atoms with Gasteiger partial charge in [0.15, 0.2) is 9.84 Å². The molecule has 0 aliphatic carbocycles. The monoisotopic (exact) mass is 386 g/mol. The van der Waals surface area contributed by atoms with Crippen molar-refractivity contribution in [3.8, 4) is 0 Å². The number of hydrogen-bond acceptors (Lipinski definition) is 5. The number of amides is 1. The number of sulfonamides is 1. The van der Waals surface area contributed by atoms with Crippen LogP contribution in [0.3, 0.4) is 0 Å². The summed E-state index contributed by atoms with van der Waals surface area (Å²) in [5, 5.41) is 0. The minimum Gasteiger partial charge on any atom is -0.312 e. The van der Waals surface area contributed by atoms with Gasteiger partial charge in [-0.3, -0.25) is 4.79 Å². The van der Waals surface area contributed by atoms with E-state index in [1.165, 1.54) is 17.3 Å². The maximum Gasteiger partial charge on any atom is 0.243 e. The van der Waals surface area contributed by atoms with E-state index in [0.29, 0.717) is 19.4 Å². The van der Waals surface area contributed by atoms with Crippen LogP contribution in [-0.2, 0) is 31.1 Å². The number of anilines is 1. The number of rotatable bonds is 4. The normalized spacial score (nSPS) is 22.4. The summed E-state index contributed by atoms with van der Waals surface area (Å²) in [5.41, 5.74) is 1.57. The molecule has 1 unspecified atom stereocenters. The Morgan fingerprint density at radius 1 is 1.36 bits per heavy atom. The average Bonchev–Trinajstić information content (AvgIpc) is 3.10. The Morgan fingerprint density at radius 3 is 2.64 bits per heavy atom. The fourth-order valence-electron chi connectivity index (χ4n) is 3.63. The quantitative estimate of drug-likeness (QED) is 0.763. The molecule has 1 aromatic rings. The van der Waals surface area contributed by atoms with Gasteiger partial charge in [0.1, 0.15) is 0 Å². The van der Waals surface area contributed by atoms with Crippen molar-refractivity contribution < 1.29 is 21.6 Å². The third kappa shape index (κ3) is 3.32. The highest BCUT2D eigenvalue weighted by Crippen LogP contribution is 2.32. The van der Waals surface area contributed by atoms with Crippen LogP contribution in [0.15, 0.2) is 23.1 Å². The lowest BCUT2D eigenvalue weighted by molar-refractivity contribution is -0.116. The third-order valence-corrected chi connectivity index (χ3v) is 8.63. The van der Waals surface area contributed by atoms with Crippen molar-refractivity contribution in [3.63, 3.8) is 0 Å². The molecule has 0 radical (unpaired) electrons. The Hall–Kier alpha value is -1.45. The second kappa shape index (κ2) is 6.37. The maximum absolute atomic E-state index is 13.0. The summed E-state index contributed by atoms with van der Waals surface area (Å²) >= 11 is 0. The molecule has 0 aromatic heterocycles. The zero-order valence-electron chi connectivity index (χ0n) is 14.3. The van der Waals surface area contributed by atoms with Crippen molar-refractivity contribution in [2.45, 2.75) is 37.6 Å². The largest absolute Gasteiger partial charge is 0.312 e. The minimum absolute atomic E-state index is 0.0292. The lowest BCUT2D eigenvalue weighted by Gasteiger charge is -2.26. The van der Waals surface area contributed by atoms with E-state index in [0.717, 1.165) is 11.3 Å². The second-order valence-corrected chi connectivity index (χ2v) is 10.6. The van der Waals surface area contributed by atoms with Gasteiger partial charge in [0.2, 0.25) is 15.9 Å². The number of hydrogen-bond donors (Lipinski definition) is 0. The predicted octanol–water partition coefficient (Wildman–Crippen LogP) is 0.793. The SMILES string of the molecule is CCN(C1CCS(=O)(=O)C1)S(=O)(=O)c1ccc2c(c1)CCN2C(C)=O. The molecule has 0 bridgehead atoms. The van der Waals surface area contributed by atoms with Crippen molar-refractivity contribution in [1.29, 1.82) is 0 Å². The van der Waals surface area contributed by atoms with Crippen LogP contribution in [0.1, 0.15) is 25.8 Å². The Labute approximate surface area is 148 Å². The van der Waals surface area contributed by atoms with Crippen LogP contribution >= 0.6 is 0 Å².